The normalized spacial score (nSPS) is 15.4. The fourth-order valence-electron chi connectivity index (χ4n) is 2.95. The molecule has 1 aromatic heterocycles. The standard InChI is InChI=1S/C18H21FN2O4/c19-14-3-1-2-4-16(14)24-12-17-20-15(11-25-17)18(23)21-8-5-13(6-9-21)7-10-22/h1-4,11,13,22H,5-10,12H2. The number of carbonyl (C=O) groups is 1. The lowest BCUT2D eigenvalue weighted by Crippen LogP contribution is -2.38. The first kappa shape index (κ1) is 17.4. The summed E-state index contributed by atoms with van der Waals surface area (Å²) in [6.45, 7) is 1.44. The van der Waals surface area contributed by atoms with Gasteiger partial charge in [-0.05, 0) is 37.3 Å². The number of halogens is 1. The van der Waals surface area contributed by atoms with E-state index in [4.69, 9.17) is 14.3 Å². The second-order valence-corrected chi connectivity index (χ2v) is 6.09. The van der Waals surface area contributed by atoms with Gasteiger partial charge >= 0.3 is 0 Å². The highest BCUT2D eigenvalue weighted by Gasteiger charge is 2.25. The molecule has 1 aliphatic heterocycles. The number of para-hydroxylation sites is 1. The summed E-state index contributed by atoms with van der Waals surface area (Å²) >= 11 is 0. The molecule has 0 unspecified atom stereocenters. The Hall–Kier alpha value is -2.41. The third-order valence-electron chi connectivity index (χ3n) is 4.40. The van der Waals surface area contributed by atoms with Crippen molar-refractivity contribution < 1.29 is 23.4 Å². The molecule has 2 heterocycles. The van der Waals surface area contributed by atoms with Crippen LogP contribution in [0.3, 0.4) is 0 Å². The van der Waals surface area contributed by atoms with Gasteiger partial charge in [0.2, 0.25) is 5.89 Å². The van der Waals surface area contributed by atoms with E-state index in [9.17, 15) is 9.18 Å². The van der Waals surface area contributed by atoms with E-state index in [1.807, 2.05) is 0 Å². The number of benzene rings is 1. The van der Waals surface area contributed by atoms with E-state index in [2.05, 4.69) is 4.98 Å². The molecule has 0 aliphatic carbocycles. The summed E-state index contributed by atoms with van der Waals surface area (Å²) in [7, 11) is 0. The number of aliphatic hydroxyl groups excluding tert-OH is 1. The Labute approximate surface area is 145 Å². The van der Waals surface area contributed by atoms with Gasteiger partial charge < -0.3 is 19.2 Å². The van der Waals surface area contributed by atoms with E-state index in [1.54, 1.807) is 17.0 Å². The van der Waals surface area contributed by atoms with Crippen molar-refractivity contribution in [2.75, 3.05) is 19.7 Å². The molecular weight excluding hydrogens is 327 g/mol. The molecule has 1 fully saturated rings. The van der Waals surface area contributed by atoms with Crippen molar-refractivity contribution in [3.05, 3.63) is 47.9 Å². The number of aliphatic hydroxyl groups is 1. The largest absolute Gasteiger partial charge is 0.481 e. The van der Waals surface area contributed by atoms with Crippen LogP contribution in [0.5, 0.6) is 5.75 Å². The first-order valence-corrected chi connectivity index (χ1v) is 8.39. The summed E-state index contributed by atoms with van der Waals surface area (Å²) in [5.74, 6) is 0.164. The van der Waals surface area contributed by atoms with Crippen molar-refractivity contribution in [2.24, 2.45) is 5.92 Å². The van der Waals surface area contributed by atoms with Crippen LogP contribution < -0.4 is 4.74 Å². The zero-order valence-electron chi connectivity index (χ0n) is 13.9. The van der Waals surface area contributed by atoms with Crippen LogP contribution in [0.2, 0.25) is 0 Å². The van der Waals surface area contributed by atoms with E-state index >= 15 is 0 Å². The maximum atomic E-state index is 13.5. The first-order valence-electron chi connectivity index (χ1n) is 8.39. The van der Waals surface area contributed by atoms with Crippen LogP contribution in [0.25, 0.3) is 0 Å². The van der Waals surface area contributed by atoms with Crippen molar-refractivity contribution in [1.29, 1.82) is 0 Å². The van der Waals surface area contributed by atoms with Crippen molar-refractivity contribution >= 4 is 5.91 Å². The lowest BCUT2D eigenvalue weighted by Gasteiger charge is -2.31. The van der Waals surface area contributed by atoms with E-state index in [-0.39, 0.29) is 36.5 Å². The van der Waals surface area contributed by atoms with Crippen LogP contribution in [0.15, 0.2) is 34.9 Å². The van der Waals surface area contributed by atoms with Gasteiger partial charge in [-0.15, -0.1) is 0 Å². The monoisotopic (exact) mass is 348 g/mol. The first-order chi connectivity index (χ1) is 12.2. The Morgan fingerprint density at radius 3 is 2.84 bits per heavy atom. The maximum absolute atomic E-state index is 13.5. The molecule has 7 heteroatoms. The number of rotatable bonds is 6. The Morgan fingerprint density at radius 1 is 1.36 bits per heavy atom. The maximum Gasteiger partial charge on any atom is 0.275 e. The van der Waals surface area contributed by atoms with E-state index < -0.39 is 5.82 Å². The van der Waals surface area contributed by atoms with Crippen LogP contribution in [0.4, 0.5) is 4.39 Å². The van der Waals surface area contributed by atoms with Gasteiger partial charge in [0.1, 0.15) is 6.26 Å². The molecule has 0 saturated carbocycles. The van der Waals surface area contributed by atoms with Crippen molar-refractivity contribution in [1.82, 2.24) is 9.88 Å². The molecule has 134 valence electrons. The predicted molar refractivity (Wildman–Crippen MR) is 87.6 cm³/mol. The van der Waals surface area contributed by atoms with E-state index in [0.29, 0.717) is 19.0 Å². The van der Waals surface area contributed by atoms with Gasteiger partial charge in [0.15, 0.2) is 23.9 Å². The number of likely N-dealkylation sites (tertiary alicyclic amines) is 1. The molecule has 0 atom stereocenters. The average Bonchev–Trinajstić information content (AvgIpc) is 3.10. The van der Waals surface area contributed by atoms with Crippen LogP contribution in [0.1, 0.15) is 35.6 Å². The van der Waals surface area contributed by atoms with Gasteiger partial charge in [0.05, 0.1) is 0 Å². The second-order valence-electron chi connectivity index (χ2n) is 6.09. The van der Waals surface area contributed by atoms with Gasteiger partial charge in [0.25, 0.3) is 5.91 Å². The highest BCUT2D eigenvalue weighted by Crippen LogP contribution is 2.22. The third-order valence-corrected chi connectivity index (χ3v) is 4.40. The molecule has 0 bridgehead atoms. The molecule has 3 rings (SSSR count). The third kappa shape index (κ3) is 4.36. The smallest absolute Gasteiger partial charge is 0.275 e. The fourth-order valence-corrected chi connectivity index (χ4v) is 2.95. The van der Waals surface area contributed by atoms with Crippen molar-refractivity contribution in [3.63, 3.8) is 0 Å². The molecule has 2 aromatic rings. The molecule has 6 nitrogen and oxygen atoms in total. The highest BCUT2D eigenvalue weighted by molar-refractivity contribution is 5.92. The van der Waals surface area contributed by atoms with Crippen LogP contribution in [-0.4, -0.2) is 40.6 Å². The summed E-state index contributed by atoms with van der Waals surface area (Å²) in [5, 5.41) is 8.99. The van der Waals surface area contributed by atoms with Gasteiger partial charge in [-0.1, -0.05) is 12.1 Å². The zero-order chi connectivity index (χ0) is 17.6. The zero-order valence-corrected chi connectivity index (χ0v) is 13.9. The van der Waals surface area contributed by atoms with E-state index in [1.165, 1.54) is 18.4 Å². The molecule has 1 N–H and O–H groups in total. The number of aromatic nitrogens is 1. The summed E-state index contributed by atoms with van der Waals surface area (Å²) in [5.41, 5.74) is 0.229. The second kappa shape index (κ2) is 8.11. The molecule has 0 radical (unpaired) electrons. The summed E-state index contributed by atoms with van der Waals surface area (Å²) in [6.07, 6.45) is 3.85. The molecule has 1 amide bonds. The number of carbonyl (C=O) groups excluding carboxylic acids is 1. The Balaban J connectivity index is 1.54. The highest BCUT2D eigenvalue weighted by atomic mass is 19.1. The van der Waals surface area contributed by atoms with Gasteiger partial charge in [0, 0.05) is 19.7 Å². The van der Waals surface area contributed by atoms with Gasteiger partial charge in [-0.25, -0.2) is 9.37 Å². The minimum atomic E-state index is -0.462. The fraction of sp³-hybridized carbons (Fsp3) is 0.444. The molecule has 1 aromatic carbocycles. The van der Waals surface area contributed by atoms with Crippen molar-refractivity contribution in [3.8, 4) is 5.75 Å². The van der Waals surface area contributed by atoms with Gasteiger partial charge in [-0.3, -0.25) is 4.79 Å². The van der Waals surface area contributed by atoms with Crippen LogP contribution in [-0.2, 0) is 6.61 Å². The number of hydrogen-bond acceptors (Lipinski definition) is 5. The van der Waals surface area contributed by atoms with Crippen LogP contribution >= 0.6 is 0 Å². The number of hydrogen-bond donors (Lipinski definition) is 1. The number of nitrogens with zero attached hydrogens (tertiary/aromatic N) is 2. The van der Waals surface area contributed by atoms with E-state index in [0.717, 1.165) is 19.3 Å². The Kier molecular flexibility index (Phi) is 5.65. The molecule has 1 saturated heterocycles. The summed E-state index contributed by atoms with van der Waals surface area (Å²) in [4.78, 5) is 18.3. The molecular formula is C18H21FN2O4. The number of ether oxygens (including phenoxy) is 1. The van der Waals surface area contributed by atoms with Crippen LogP contribution in [0, 0.1) is 11.7 Å². The quantitative estimate of drug-likeness (QED) is 0.868. The molecule has 1 aliphatic rings. The molecule has 25 heavy (non-hydrogen) atoms. The van der Waals surface area contributed by atoms with Crippen molar-refractivity contribution in [2.45, 2.75) is 25.9 Å². The lowest BCUT2D eigenvalue weighted by atomic mass is 9.94. The average molecular weight is 348 g/mol. The number of amides is 1. The Bertz CT molecular complexity index is 711. The van der Waals surface area contributed by atoms with Gasteiger partial charge in [-0.2, -0.15) is 0 Å². The number of piperidine rings is 1. The minimum Gasteiger partial charge on any atom is -0.481 e. The Morgan fingerprint density at radius 2 is 2.12 bits per heavy atom. The topological polar surface area (TPSA) is 75.8 Å². The minimum absolute atomic E-state index is 0.0488. The number of oxazole rings is 1. The predicted octanol–water partition coefficient (Wildman–Crippen LogP) is 2.63. The lowest BCUT2D eigenvalue weighted by molar-refractivity contribution is 0.0672. The summed E-state index contributed by atoms with van der Waals surface area (Å²) < 4.78 is 24.1. The SMILES string of the molecule is O=C(c1coc(COc2ccccc2F)n1)N1CCC(CCO)CC1. The summed E-state index contributed by atoms with van der Waals surface area (Å²) in [6, 6.07) is 6.07. The molecule has 0 spiro atoms.